The SMILES string of the molecule is C=CCC(O)CCc1ccc(N=O)cc1. The summed E-state index contributed by atoms with van der Waals surface area (Å²) in [6, 6.07) is 7.08. The van der Waals surface area contributed by atoms with Crippen molar-refractivity contribution in [2.24, 2.45) is 5.18 Å². The van der Waals surface area contributed by atoms with Crippen molar-refractivity contribution >= 4 is 5.69 Å². The van der Waals surface area contributed by atoms with Crippen molar-refractivity contribution in [3.63, 3.8) is 0 Å². The molecule has 3 nitrogen and oxygen atoms in total. The summed E-state index contributed by atoms with van der Waals surface area (Å²) in [6.45, 7) is 3.57. The van der Waals surface area contributed by atoms with Gasteiger partial charge in [0.25, 0.3) is 0 Å². The molecule has 0 bridgehead atoms. The Labute approximate surface area is 89.4 Å². The number of hydrogen-bond donors (Lipinski definition) is 1. The molecule has 0 saturated heterocycles. The maximum atomic E-state index is 10.2. The summed E-state index contributed by atoms with van der Waals surface area (Å²) in [7, 11) is 0. The van der Waals surface area contributed by atoms with Crippen LogP contribution in [0.5, 0.6) is 0 Å². The van der Waals surface area contributed by atoms with E-state index in [-0.39, 0.29) is 6.10 Å². The van der Waals surface area contributed by atoms with E-state index in [4.69, 9.17) is 0 Å². The minimum Gasteiger partial charge on any atom is -0.393 e. The van der Waals surface area contributed by atoms with Crippen LogP contribution in [0.4, 0.5) is 5.69 Å². The number of rotatable bonds is 6. The largest absolute Gasteiger partial charge is 0.393 e. The lowest BCUT2D eigenvalue weighted by molar-refractivity contribution is 0.168. The predicted molar refractivity (Wildman–Crippen MR) is 61.0 cm³/mol. The van der Waals surface area contributed by atoms with Gasteiger partial charge in [-0.3, -0.25) is 0 Å². The van der Waals surface area contributed by atoms with E-state index in [9.17, 15) is 10.0 Å². The molecule has 15 heavy (non-hydrogen) atoms. The highest BCUT2D eigenvalue weighted by molar-refractivity contribution is 5.38. The van der Waals surface area contributed by atoms with Gasteiger partial charge in [-0.05, 0) is 42.1 Å². The maximum absolute atomic E-state index is 10.2. The van der Waals surface area contributed by atoms with E-state index in [1.807, 2.05) is 12.1 Å². The number of nitrogens with zero attached hydrogens (tertiary/aromatic N) is 1. The van der Waals surface area contributed by atoms with Gasteiger partial charge in [0, 0.05) is 0 Å². The molecule has 0 saturated carbocycles. The van der Waals surface area contributed by atoms with E-state index < -0.39 is 0 Å². The van der Waals surface area contributed by atoms with Gasteiger partial charge in [0.05, 0.1) is 6.10 Å². The Hall–Kier alpha value is -1.48. The third kappa shape index (κ3) is 4.04. The van der Waals surface area contributed by atoms with E-state index in [1.165, 1.54) is 0 Å². The van der Waals surface area contributed by atoms with Crippen LogP contribution in [0.3, 0.4) is 0 Å². The monoisotopic (exact) mass is 205 g/mol. The molecular weight excluding hydrogens is 190 g/mol. The Balaban J connectivity index is 2.43. The standard InChI is InChI=1S/C12H15NO2/c1-2-3-12(14)9-6-10-4-7-11(13-15)8-5-10/h2,4-5,7-8,12,14H,1,3,6,9H2. The fraction of sp³-hybridized carbons (Fsp3) is 0.333. The topological polar surface area (TPSA) is 49.7 Å². The predicted octanol–water partition coefficient (Wildman–Crippen LogP) is 2.95. The molecular formula is C12H15NO2. The molecule has 1 atom stereocenters. The molecule has 0 aliphatic carbocycles. The first-order valence-corrected chi connectivity index (χ1v) is 4.97. The third-order valence-electron chi connectivity index (χ3n) is 2.25. The van der Waals surface area contributed by atoms with Crippen LogP contribution in [0.1, 0.15) is 18.4 Å². The van der Waals surface area contributed by atoms with E-state index in [2.05, 4.69) is 11.8 Å². The summed E-state index contributed by atoms with van der Waals surface area (Å²) in [5.41, 5.74) is 1.54. The fourth-order valence-electron chi connectivity index (χ4n) is 1.37. The van der Waals surface area contributed by atoms with Gasteiger partial charge >= 0.3 is 0 Å². The average molecular weight is 205 g/mol. The molecule has 0 heterocycles. The van der Waals surface area contributed by atoms with Gasteiger partial charge in [-0.25, -0.2) is 0 Å². The van der Waals surface area contributed by atoms with Crippen molar-refractivity contribution in [2.75, 3.05) is 0 Å². The quantitative estimate of drug-likeness (QED) is 0.573. The second-order valence-electron chi connectivity index (χ2n) is 3.47. The highest BCUT2D eigenvalue weighted by atomic mass is 16.3. The second kappa shape index (κ2) is 6.09. The second-order valence-corrected chi connectivity index (χ2v) is 3.47. The molecule has 1 aromatic carbocycles. The number of aryl methyl sites for hydroxylation is 1. The number of aliphatic hydroxyl groups is 1. The zero-order valence-corrected chi connectivity index (χ0v) is 8.60. The molecule has 1 unspecified atom stereocenters. The van der Waals surface area contributed by atoms with Crippen molar-refractivity contribution in [1.29, 1.82) is 0 Å². The summed E-state index contributed by atoms with van der Waals surface area (Å²) in [4.78, 5) is 10.2. The molecule has 1 N–H and O–H groups in total. The molecule has 0 aliphatic rings. The fourth-order valence-corrected chi connectivity index (χ4v) is 1.37. The molecule has 0 spiro atoms. The maximum Gasteiger partial charge on any atom is 0.108 e. The van der Waals surface area contributed by atoms with E-state index >= 15 is 0 Å². The lowest BCUT2D eigenvalue weighted by atomic mass is 10.0. The first-order valence-electron chi connectivity index (χ1n) is 4.97. The minimum absolute atomic E-state index is 0.327. The summed E-state index contributed by atoms with van der Waals surface area (Å²) >= 11 is 0. The molecule has 0 fully saturated rings. The van der Waals surface area contributed by atoms with Gasteiger partial charge < -0.3 is 5.11 Å². The van der Waals surface area contributed by atoms with Crippen molar-refractivity contribution in [2.45, 2.75) is 25.4 Å². The molecule has 0 aliphatic heterocycles. The third-order valence-corrected chi connectivity index (χ3v) is 2.25. The summed E-state index contributed by atoms with van der Waals surface area (Å²) in [5.74, 6) is 0. The van der Waals surface area contributed by atoms with Crippen LogP contribution in [0, 0.1) is 4.91 Å². The molecule has 0 aromatic heterocycles. The number of nitroso groups, excluding NO2 is 1. The van der Waals surface area contributed by atoms with Crippen molar-refractivity contribution in [1.82, 2.24) is 0 Å². The van der Waals surface area contributed by atoms with E-state index in [0.717, 1.165) is 12.0 Å². The lowest BCUT2D eigenvalue weighted by Crippen LogP contribution is -2.05. The first-order chi connectivity index (χ1) is 7.26. The normalized spacial score (nSPS) is 12.1. The number of benzene rings is 1. The average Bonchev–Trinajstić information content (AvgIpc) is 2.27. The van der Waals surface area contributed by atoms with Crippen LogP contribution in [0.25, 0.3) is 0 Å². The molecule has 1 aromatic rings. The summed E-state index contributed by atoms with van der Waals surface area (Å²) in [6.07, 6.45) is 3.51. The Kier molecular flexibility index (Phi) is 4.71. The van der Waals surface area contributed by atoms with Gasteiger partial charge in [-0.1, -0.05) is 18.2 Å². The van der Waals surface area contributed by atoms with Crippen molar-refractivity contribution < 1.29 is 5.11 Å². The zero-order chi connectivity index (χ0) is 11.1. The Morgan fingerprint density at radius 1 is 1.40 bits per heavy atom. The van der Waals surface area contributed by atoms with Crippen LogP contribution in [0.15, 0.2) is 42.1 Å². The minimum atomic E-state index is -0.327. The van der Waals surface area contributed by atoms with E-state index in [0.29, 0.717) is 18.5 Å². The molecule has 0 amide bonds. The van der Waals surface area contributed by atoms with Crippen LogP contribution in [0.2, 0.25) is 0 Å². The van der Waals surface area contributed by atoms with E-state index in [1.54, 1.807) is 18.2 Å². The van der Waals surface area contributed by atoms with Crippen LogP contribution in [-0.4, -0.2) is 11.2 Å². The number of hydrogen-bond acceptors (Lipinski definition) is 3. The van der Waals surface area contributed by atoms with Gasteiger partial charge in [0.15, 0.2) is 0 Å². The van der Waals surface area contributed by atoms with Gasteiger partial charge in [0.1, 0.15) is 5.69 Å². The molecule has 80 valence electrons. The van der Waals surface area contributed by atoms with Gasteiger partial charge in [-0.2, -0.15) is 0 Å². The van der Waals surface area contributed by atoms with Crippen molar-refractivity contribution in [3.8, 4) is 0 Å². The highest BCUT2D eigenvalue weighted by Gasteiger charge is 2.02. The van der Waals surface area contributed by atoms with Gasteiger partial charge in [-0.15, -0.1) is 11.5 Å². The number of aliphatic hydroxyl groups excluding tert-OH is 1. The molecule has 1 rings (SSSR count). The van der Waals surface area contributed by atoms with Gasteiger partial charge in [0.2, 0.25) is 0 Å². The van der Waals surface area contributed by atoms with Crippen molar-refractivity contribution in [3.05, 3.63) is 47.4 Å². The van der Waals surface area contributed by atoms with Crippen LogP contribution >= 0.6 is 0 Å². The van der Waals surface area contributed by atoms with Crippen LogP contribution in [-0.2, 0) is 6.42 Å². The molecule has 3 heteroatoms. The summed E-state index contributed by atoms with van der Waals surface area (Å²) in [5, 5.41) is 12.3. The molecule has 0 radical (unpaired) electrons. The first kappa shape index (κ1) is 11.6. The Bertz CT molecular complexity index is 319. The Morgan fingerprint density at radius 3 is 2.60 bits per heavy atom. The zero-order valence-electron chi connectivity index (χ0n) is 8.60. The highest BCUT2D eigenvalue weighted by Crippen LogP contribution is 2.14. The van der Waals surface area contributed by atoms with Crippen LogP contribution < -0.4 is 0 Å². The smallest absolute Gasteiger partial charge is 0.108 e. The Morgan fingerprint density at radius 2 is 2.07 bits per heavy atom. The summed E-state index contributed by atoms with van der Waals surface area (Å²) < 4.78 is 0. The lowest BCUT2D eigenvalue weighted by Gasteiger charge is -2.07.